The zero-order chi connectivity index (χ0) is 27.2. The third-order valence-corrected chi connectivity index (χ3v) is 6.28. The summed E-state index contributed by atoms with van der Waals surface area (Å²) in [5.74, 6) is -0.257. The molecule has 5 rings (SSSR count). The van der Waals surface area contributed by atoms with E-state index in [9.17, 15) is 27.5 Å². The Hall–Kier alpha value is -4.32. The van der Waals surface area contributed by atoms with E-state index in [0.717, 1.165) is 11.0 Å². The molecule has 8 nitrogen and oxygen atoms in total. The molecule has 12 heteroatoms. The van der Waals surface area contributed by atoms with Crippen LogP contribution in [0.1, 0.15) is 34.0 Å². The Labute approximate surface area is 214 Å². The van der Waals surface area contributed by atoms with Crippen LogP contribution in [0.3, 0.4) is 0 Å². The molecule has 0 saturated heterocycles. The predicted octanol–water partition coefficient (Wildman–Crippen LogP) is 4.79. The molecule has 2 aromatic carbocycles. The number of hydrogen-bond donors (Lipinski definition) is 2. The molecule has 38 heavy (non-hydrogen) atoms. The van der Waals surface area contributed by atoms with Crippen LogP contribution in [-0.4, -0.2) is 37.3 Å². The van der Waals surface area contributed by atoms with Crippen molar-refractivity contribution in [2.45, 2.75) is 26.3 Å². The maximum Gasteiger partial charge on any atom is 0.416 e. The summed E-state index contributed by atoms with van der Waals surface area (Å²) in [6.07, 6.45) is -3.24. The molecule has 2 aromatic heterocycles. The number of anilines is 2. The van der Waals surface area contributed by atoms with E-state index in [2.05, 4.69) is 20.5 Å². The third kappa shape index (κ3) is 4.47. The van der Waals surface area contributed by atoms with E-state index in [1.807, 2.05) is 6.92 Å². The van der Waals surface area contributed by atoms with E-state index < -0.39 is 30.1 Å². The molecule has 196 valence electrons. The molecule has 0 bridgehead atoms. The number of nitrogens with zero attached hydrogens (tertiary/aromatic N) is 5. The summed E-state index contributed by atoms with van der Waals surface area (Å²) in [5.41, 5.74) is 0.239. The first-order valence-corrected chi connectivity index (χ1v) is 11.7. The lowest BCUT2D eigenvalue weighted by atomic mass is 9.99. The van der Waals surface area contributed by atoms with Crippen LogP contribution < -0.4 is 10.2 Å². The van der Waals surface area contributed by atoms with Gasteiger partial charge in [0.25, 0.3) is 5.91 Å². The maximum atomic E-state index is 14.3. The number of carbonyl (C=O) groups is 1. The fraction of sp³-hybridized carbons (Fsp3) is 0.231. The Kier molecular flexibility index (Phi) is 6.35. The summed E-state index contributed by atoms with van der Waals surface area (Å²) < 4.78 is 57.4. The van der Waals surface area contributed by atoms with Crippen molar-refractivity contribution in [3.05, 3.63) is 76.9 Å². The Balaban J connectivity index is 1.65. The lowest BCUT2D eigenvalue weighted by Gasteiger charge is -2.19. The van der Waals surface area contributed by atoms with Crippen LogP contribution >= 0.6 is 0 Å². The van der Waals surface area contributed by atoms with Gasteiger partial charge in [-0.15, -0.1) is 10.2 Å². The molecule has 0 radical (unpaired) electrons. The average molecular weight is 526 g/mol. The second-order valence-corrected chi connectivity index (χ2v) is 8.80. The highest BCUT2D eigenvalue weighted by molar-refractivity contribution is 6.10. The molecular weight excluding hydrogens is 504 g/mol. The molecule has 0 atom stereocenters. The minimum Gasteiger partial charge on any atom is -0.392 e. The smallest absolute Gasteiger partial charge is 0.392 e. The van der Waals surface area contributed by atoms with Gasteiger partial charge in [-0.2, -0.15) is 13.2 Å². The molecule has 0 fully saturated rings. The van der Waals surface area contributed by atoms with Gasteiger partial charge in [0.1, 0.15) is 23.8 Å². The molecule has 0 spiro atoms. The Morgan fingerprint density at radius 3 is 2.53 bits per heavy atom. The first kappa shape index (κ1) is 25.3. The zero-order valence-electron chi connectivity index (χ0n) is 20.3. The van der Waals surface area contributed by atoms with Crippen LogP contribution in [0.4, 0.5) is 29.2 Å². The summed E-state index contributed by atoms with van der Waals surface area (Å²) in [5, 5.41) is 20.5. The number of aryl methyl sites for hydroxylation is 1. The second kappa shape index (κ2) is 9.53. The second-order valence-electron chi connectivity index (χ2n) is 8.80. The summed E-state index contributed by atoms with van der Waals surface area (Å²) >= 11 is 0. The van der Waals surface area contributed by atoms with Crippen molar-refractivity contribution in [1.29, 1.82) is 0 Å². The normalized spacial score (nSPS) is 13.2. The number of aliphatic hydroxyl groups excluding tert-OH is 1. The Morgan fingerprint density at radius 1 is 1.08 bits per heavy atom. The first-order chi connectivity index (χ1) is 18.1. The van der Waals surface area contributed by atoms with Crippen LogP contribution in [0.15, 0.2) is 48.8 Å². The van der Waals surface area contributed by atoms with Gasteiger partial charge < -0.3 is 15.0 Å². The number of halogens is 4. The number of benzene rings is 2. The topological polar surface area (TPSA) is 96.2 Å². The monoisotopic (exact) mass is 526 g/mol. The highest BCUT2D eigenvalue weighted by atomic mass is 19.4. The quantitative estimate of drug-likeness (QED) is 0.351. The SMILES string of the molecule is CCNc1cc(-c2ccc(F)cc2-c2nncn2C)cc(N2Cc3c(cc(CO)cc3C(F)(F)F)C2=O)n1. The minimum atomic E-state index is -4.71. The maximum absolute atomic E-state index is 14.3. The van der Waals surface area contributed by atoms with Gasteiger partial charge in [-0.25, -0.2) is 9.37 Å². The van der Waals surface area contributed by atoms with E-state index in [1.54, 1.807) is 29.8 Å². The van der Waals surface area contributed by atoms with E-state index in [1.165, 1.54) is 24.5 Å². The van der Waals surface area contributed by atoms with E-state index in [0.29, 0.717) is 34.9 Å². The van der Waals surface area contributed by atoms with E-state index in [4.69, 9.17) is 0 Å². The van der Waals surface area contributed by atoms with Crippen molar-refractivity contribution in [3.63, 3.8) is 0 Å². The fourth-order valence-corrected chi connectivity index (χ4v) is 4.56. The number of aliphatic hydroxyl groups is 1. The standard InChI is InChI=1S/C26H22F4N6O2/c1-3-31-22-8-15(17-5-4-16(27)10-18(17)24-34-32-13-35(24)2)9-23(33-22)36-11-20-19(25(36)38)6-14(12-37)7-21(20)26(28,29)30/h4-10,13,37H,3,11-12H2,1-2H3,(H,31,33). The van der Waals surface area contributed by atoms with Crippen LogP contribution in [0, 0.1) is 5.82 Å². The number of carbonyl (C=O) groups excluding carboxylic acids is 1. The first-order valence-electron chi connectivity index (χ1n) is 11.7. The molecule has 1 aliphatic rings. The fourth-order valence-electron chi connectivity index (χ4n) is 4.56. The number of hydrogen-bond acceptors (Lipinski definition) is 6. The van der Waals surface area contributed by atoms with Crippen molar-refractivity contribution in [2.24, 2.45) is 7.05 Å². The summed E-state index contributed by atoms with van der Waals surface area (Å²) in [6, 6.07) is 9.56. The van der Waals surface area contributed by atoms with Gasteiger partial charge in [-0.05, 0) is 65.6 Å². The molecule has 0 unspecified atom stereocenters. The van der Waals surface area contributed by atoms with Gasteiger partial charge in [0.05, 0.1) is 18.7 Å². The summed E-state index contributed by atoms with van der Waals surface area (Å²) in [7, 11) is 1.71. The zero-order valence-corrected chi connectivity index (χ0v) is 20.3. The van der Waals surface area contributed by atoms with Crippen LogP contribution in [0.5, 0.6) is 0 Å². The van der Waals surface area contributed by atoms with E-state index in [-0.39, 0.29) is 29.1 Å². The molecule has 0 aliphatic carbocycles. The number of amides is 1. The van der Waals surface area contributed by atoms with E-state index >= 15 is 0 Å². The van der Waals surface area contributed by atoms with Gasteiger partial charge in [-0.1, -0.05) is 6.07 Å². The van der Waals surface area contributed by atoms with Crippen LogP contribution in [-0.2, 0) is 26.4 Å². The van der Waals surface area contributed by atoms with Crippen molar-refractivity contribution in [1.82, 2.24) is 19.7 Å². The number of pyridine rings is 1. The predicted molar refractivity (Wildman–Crippen MR) is 132 cm³/mol. The largest absolute Gasteiger partial charge is 0.416 e. The number of rotatable bonds is 6. The Morgan fingerprint density at radius 2 is 1.87 bits per heavy atom. The van der Waals surface area contributed by atoms with Gasteiger partial charge in [0.15, 0.2) is 5.82 Å². The number of fused-ring (bicyclic) bond motifs is 1. The highest BCUT2D eigenvalue weighted by Crippen LogP contribution is 2.41. The Bertz CT molecular complexity index is 1550. The van der Waals surface area contributed by atoms with Crippen molar-refractivity contribution >= 4 is 17.5 Å². The van der Waals surface area contributed by atoms with Gasteiger partial charge >= 0.3 is 6.18 Å². The lowest BCUT2D eigenvalue weighted by Crippen LogP contribution is -2.24. The molecule has 3 heterocycles. The lowest BCUT2D eigenvalue weighted by molar-refractivity contribution is -0.138. The third-order valence-electron chi connectivity index (χ3n) is 6.28. The molecule has 2 N–H and O–H groups in total. The molecular formula is C26H22F4N6O2. The van der Waals surface area contributed by atoms with Gasteiger partial charge in [0, 0.05) is 24.7 Å². The van der Waals surface area contributed by atoms with Gasteiger partial charge in [0.2, 0.25) is 0 Å². The number of alkyl halides is 3. The van der Waals surface area contributed by atoms with Crippen molar-refractivity contribution < 1.29 is 27.5 Å². The highest BCUT2D eigenvalue weighted by Gasteiger charge is 2.41. The molecule has 1 aliphatic heterocycles. The van der Waals surface area contributed by atoms with Crippen molar-refractivity contribution in [3.8, 4) is 22.5 Å². The summed E-state index contributed by atoms with van der Waals surface area (Å²) in [6.45, 7) is 1.34. The average Bonchev–Trinajstić information content (AvgIpc) is 3.45. The van der Waals surface area contributed by atoms with Crippen LogP contribution in [0.25, 0.3) is 22.5 Å². The number of aromatic nitrogens is 4. The minimum absolute atomic E-state index is 0.0130. The number of nitrogens with one attached hydrogen (secondary N) is 1. The van der Waals surface area contributed by atoms with Crippen molar-refractivity contribution in [2.75, 3.05) is 16.8 Å². The van der Waals surface area contributed by atoms with Crippen LogP contribution in [0.2, 0.25) is 0 Å². The molecule has 1 amide bonds. The molecule has 0 saturated carbocycles. The summed E-state index contributed by atoms with van der Waals surface area (Å²) in [4.78, 5) is 19.0. The molecule has 4 aromatic rings. The van der Waals surface area contributed by atoms with Gasteiger partial charge in [-0.3, -0.25) is 9.69 Å².